The summed E-state index contributed by atoms with van der Waals surface area (Å²) in [4.78, 5) is 23.4. The van der Waals surface area contributed by atoms with Crippen molar-refractivity contribution in [2.24, 2.45) is 0 Å². The zero-order chi connectivity index (χ0) is 27.3. The number of rotatable bonds is 16. The van der Waals surface area contributed by atoms with E-state index in [2.05, 4.69) is 20.6 Å². The summed E-state index contributed by atoms with van der Waals surface area (Å²) in [7, 11) is 5.48. The summed E-state index contributed by atoms with van der Waals surface area (Å²) in [5.41, 5.74) is 1.57. The van der Waals surface area contributed by atoms with Gasteiger partial charge in [0, 0.05) is 43.3 Å². The Balaban J connectivity index is 1.85. The van der Waals surface area contributed by atoms with Gasteiger partial charge in [-0.2, -0.15) is 0 Å². The summed E-state index contributed by atoms with van der Waals surface area (Å²) in [6, 6.07) is 8.07. The van der Waals surface area contributed by atoms with E-state index in [-0.39, 0.29) is 18.3 Å². The Morgan fingerprint density at radius 1 is 1.03 bits per heavy atom. The molecule has 0 aliphatic heterocycles. The van der Waals surface area contributed by atoms with Gasteiger partial charge in [-0.3, -0.25) is 4.79 Å². The molecule has 1 aromatic heterocycles. The van der Waals surface area contributed by atoms with E-state index in [1.807, 2.05) is 25.9 Å². The number of fused-ring (bicyclic) bond motifs is 1. The number of anilines is 3. The van der Waals surface area contributed by atoms with Gasteiger partial charge < -0.3 is 34.5 Å². The van der Waals surface area contributed by atoms with Gasteiger partial charge in [-0.25, -0.2) is 14.4 Å². The Morgan fingerprint density at radius 3 is 2.55 bits per heavy atom. The molecule has 0 radical (unpaired) electrons. The molecular weight excluding hydrogens is 493 g/mol. The molecule has 10 nitrogen and oxygen atoms in total. The normalized spacial score (nSPS) is 11.1. The van der Waals surface area contributed by atoms with Gasteiger partial charge in [-0.05, 0) is 52.2 Å². The van der Waals surface area contributed by atoms with Crippen molar-refractivity contribution < 1.29 is 28.1 Å². The van der Waals surface area contributed by atoms with Crippen LogP contribution in [0.1, 0.15) is 19.8 Å². The molecule has 0 bridgehead atoms. The van der Waals surface area contributed by atoms with Crippen molar-refractivity contribution in [2.45, 2.75) is 19.8 Å². The predicted octanol–water partition coefficient (Wildman–Crippen LogP) is 4.23. The molecule has 206 valence electrons. The first-order valence-corrected chi connectivity index (χ1v) is 12.5. The molecule has 11 heteroatoms. The van der Waals surface area contributed by atoms with Crippen molar-refractivity contribution in [1.29, 1.82) is 0 Å². The van der Waals surface area contributed by atoms with Gasteiger partial charge in [-0.15, -0.1) is 0 Å². The molecule has 0 atom stereocenters. The number of halogens is 1. The van der Waals surface area contributed by atoms with Crippen LogP contribution >= 0.6 is 0 Å². The molecule has 38 heavy (non-hydrogen) atoms. The summed E-state index contributed by atoms with van der Waals surface area (Å²) in [6.07, 6.45) is 2.50. The molecule has 0 aliphatic carbocycles. The summed E-state index contributed by atoms with van der Waals surface area (Å²) >= 11 is 0. The highest BCUT2D eigenvalue weighted by Gasteiger charge is 2.15. The smallest absolute Gasteiger partial charge is 0.224 e. The Labute approximate surface area is 222 Å². The third-order valence-electron chi connectivity index (χ3n) is 5.45. The number of ether oxygens (including phenoxy) is 4. The molecule has 0 unspecified atom stereocenters. The first kappa shape index (κ1) is 29.0. The van der Waals surface area contributed by atoms with Crippen molar-refractivity contribution >= 4 is 34.0 Å². The molecule has 0 aliphatic rings. The predicted molar refractivity (Wildman–Crippen MR) is 145 cm³/mol. The van der Waals surface area contributed by atoms with Gasteiger partial charge in [0.1, 0.15) is 31.1 Å². The minimum Gasteiger partial charge on any atom is -0.489 e. The van der Waals surface area contributed by atoms with Gasteiger partial charge in [0.2, 0.25) is 5.91 Å². The van der Waals surface area contributed by atoms with E-state index in [1.165, 1.54) is 12.4 Å². The quantitative estimate of drug-likeness (QED) is 0.264. The molecule has 3 aromatic rings. The monoisotopic (exact) mass is 529 g/mol. The van der Waals surface area contributed by atoms with E-state index in [9.17, 15) is 9.18 Å². The van der Waals surface area contributed by atoms with E-state index in [0.717, 1.165) is 13.0 Å². The molecule has 0 fully saturated rings. The third kappa shape index (κ3) is 8.79. The highest BCUT2D eigenvalue weighted by molar-refractivity contribution is 5.99. The van der Waals surface area contributed by atoms with Crippen LogP contribution in [0.5, 0.6) is 11.5 Å². The van der Waals surface area contributed by atoms with Crippen LogP contribution in [0.15, 0.2) is 36.7 Å². The number of nitrogens with one attached hydrogen (secondary N) is 2. The molecule has 0 spiro atoms. The second-order valence-electron chi connectivity index (χ2n) is 8.70. The van der Waals surface area contributed by atoms with Crippen molar-refractivity contribution in [2.75, 3.05) is 71.4 Å². The van der Waals surface area contributed by atoms with Crippen LogP contribution in [0, 0.1) is 5.82 Å². The molecule has 2 N–H and O–H groups in total. The SMILES string of the molecule is CCOCCOc1cc2ncnc(Nc3ccc(OCCOC)c(F)c3)c2cc1NC(=O)CCCN(C)C. The lowest BCUT2D eigenvalue weighted by Gasteiger charge is -2.16. The molecular formula is C27H36FN5O5. The molecule has 1 amide bonds. The lowest BCUT2D eigenvalue weighted by molar-refractivity contribution is -0.116. The van der Waals surface area contributed by atoms with E-state index in [1.54, 1.807) is 31.4 Å². The highest BCUT2D eigenvalue weighted by atomic mass is 19.1. The Morgan fingerprint density at radius 2 is 1.82 bits per heavy atom. The zero-order valence-corrected chi connectivity index (χ0v) is 22.4. The lowest BCUT2D eigenvalue weighted by Crippen LogP contribution is -2.18. The standard InChI is InChI=1S/C27H36FN5O5/c1-5-36-12-14-38-25-17-22-20(16-23(25)32-26(34)7-6-10-33(2)3)27(30-18-29-22)31-19-8-9-24(21(28)15-19)37-13-11-35-4/h8-9,15-18H,5-7,10-14H2,1-4H3,(H,32,34)(H,29,30,31). The third-order valence-corrected chi connectivity index (χ3v) is 5.45. The molecule has 0 saturated carbocycles. The van der Waals surface area contributed by atoms with Gasteiger partial charge in [0.15, 0.2) is 11.6 Å². The van der Waals surface area contributed by atoms with Gasteiger partial charge >= 0.3 is 0 Å². The summed E-state index contributed by atoms with van der Waals surface area (Å²) in [5, 5.41) is 6.73. The number of hydrogen-bond donors (Lipinski definition) is 2. The Kier molecular flexibility index (Phi) is 11.5. The number of hydrogen-bond acceptors (Lipinski definition) is 9. The molecule has 0 saturated heterocycles. The van der Waals surface area contributed by atoms with E-state index in [0.29, 0.717) is 66.7 Å². The average molecular weight is 530 g/mol. The van der Waals surface area contributed by atoms with Crippen molar-refractivity contribution in [3.05, 3.63) is 42.5 Å². The topological polar surface area (TPSA) is 107 Å². The van der Waals surface area contributed by atoms with Crippen LogP contribution in [0.4, 0.5) is 21.6 Å². The largest absolute Gasteiger partial charge is 0.489 e. The maximum Gasteiger partial charge on any atom is 0.224 e. The maximum absolute atomic E-state index is 14.6. The van der Waals surface area contributed by atoms with Crippen LogP contribution < -0.4 is 20.1 Å². The second-order valence-corrected chi connectivity index (χ2v) is 8.70. The second kappa shape index (κ2) is 15.0. The Hall–Kier alpha value is -3.54. The average Bonchev–Trinajstić information content (AvgIpc) is 2.88. The number of benzene rings is 2. The minimum absolute atomic E-state index is 0.127. The lowest BCUT2D eigenvalue weighted by atomic mass is 10.1. The van der Waals surface area contributed by atoms with Gasteiger partial charge in [0.25, 0.3) is 0 Å². The highest BCUT2D eigenvalue weighted by Crippen LogP contribution is 2.34. The molecule has 3 rings (SSSR count). The molecule has 2 aromatic carbocycles. The number of methoxy groups -OCH3 is 1. The van der Waals surface area contributed by atoms with Gasteiger partial charge in [0.05, 0.1) is 24.4 Å². The summed E-state index contributed by atoms with van der Waals surface area (Å²) in [5.74, 6) is 0.421. The number of aromatic nitrogens is 2. The number of nitrogens with zero attached hydrogens (tertiary/aromatic N) is 3. The van der Waals surface area contributed by atoms with E-state index < -0.39 is 5.82 Å². The van der Waals surface area contributed by atoms with Gasteiger partial charge in [-0.1, -0.05) is 0 Å². The fourth-order valence-corrected chi connectivity index (χ4v) is 3.59. The van der Waals surface area contributed by atoms with Crippen LogP contribution in [0.3, 0.4) is 0 Å². The number of amides is 1. The van der Waals surface area contributed by atoms with Crippen molar-refractivity contribution in [3.8, 4) is 11.5 Å². The first-order valence-electron chi connectivity index (χ1n) is 12.5. The summed E-state index contributed by atoms with van der Waals surface area (Å²) in [6.45, 7) is 4.63. The van der Waals surface area contributed by atoms with Crippen molar-refractivity contribution in [1.82, 2.24) is 14.9 Å². The fraction of sp³-hybridized carbons (Fsp3) is 0.444. The van der Waals surface area contributed by atoms with Crippen molar-refractivity contribution in [3.63, 3.8) is 0 Å². The fourth-order valence-electron chi connectivity index (χ4n) is 3.59. The molecule has 1 heterocycles. The van der Waals surface area contributed by atoms with Crippen LogP contribution in [-0.4, -0.2) is 81.6 Å². The zero-order valence-electron chi connectivity index (χ0n) is 22.4. The van der Waals surface area contributed by atoms with Crippen LogP contribution in [0.2, 0.25) is 0 Å². The number of carbonyl (C=O) groups is 1. The van der Waals surface area contributed by atoms with E-state index in [4.69, 9.17) is 18.9 Å². The van der Waals surface area contributed by atoms with Crippen LogP contribution in [0.25, 0.3) is 10.9 Å². The minimum atomic E-state index is -0.514. The number of carbonyl (C=O) groups excluding carboxylic acids is 1. The maximum atomic E-state index is 14.6. The van der Waals surface area contributed by atoms with E-state index >= 15 is 0 Å². The first-order chi connectivity index (χ1) is 18.4. The van der Waals surface area contributed by atoms with Crippen LogP contribution in [-0.2, 0) is 14.3 Å². The Bertz CT molecular complexity index is 1190. The summed E-state index contributed by atoms with van der Waals surface area (Å²) < 4.78 is 36.2.